The van der Waals surface area contributed by atoms with Crippen molar-refractivity contribution < 1.29 is 29.3 Å². The monoisotopic (exact) mass is 677 g/mol. The van der Waals surface area contributed by atoms with Gasteiger partial charge in [-0.25, -0.2) is 0 Å². The molecule has 262 valence electrons. The van der Waals surface area contributed by atoms with E-state index in [0.717, 1.165) is 72.6 Å². The lowest BCUT2D eigenvalue weighted by Crippen LogP contribution is -2.51. The summed E-state index contributed by atoms with van der Waals surface area (Å²) in [4.78, 5) is 27.9. The summed E-state index contributed by atoms with van der Waals surface area (Å²) in [5.41, 5.74) is 7.12. The number of benzene rings is 4. The lowest BCUT2D eigenvalue weighted by molar-refractivity contribution is -0.276. The minimum Gasteiger partial charge on any atom is -0.481 e. The van der Waals surface area contributed by atoms with Crippen LogP contribution in [0.1, 0.15) is 60.0 Å². The molecule has 6 rings (SSSR count). The summed E-state index contributed by atoms with van der Waals surface area (Å²) in [7, 11) is 0. The number of nitrogens with one attached hydrogen (secondary N) is 1. The molecule has 0 unspecified atom stereocenters. The fourth-order valence-electron chi connectivity index (χ4n) is 6.79. The maximum atomic E-state index is 12.1. The van der Waals surface area contributed by atoms with Crippen molar-refractivity contribution >= 4 is 11.9 Å². The molecule has 2 heterocycles. The van der Waals surface area contributed by atoms with E-state index < -0.39 is 12.3 Å². The van der Waals surface area contributed by atoms with Crippen LogP contribution in [0.2, 0.25) is 0 Å². The van der Waals surface area contributed by atoms with Crippen LogP contribution in [0.5, 0.6) is 0 Å². The quantitative estimate of drug-likeness (QED) is 0.160. The minimum atomic E-state index is -0.989. The molecule has 0 spiro atoms. The fraction of sp³-hybridized carbons (Fsp3) is 0.366. The van der Waals surface area contributed by atoms with Crippen LogP contribution in [-0.4, -0.2) is 70.7 Å². The molecule has 9 heteroatoms. The van der Waals surface area contributed by atoms with Crippen molar-refractivity contribution in [1.29, 1.82) is 0 Å². The highest BCUT2D eigenvalue weighted by Crippen LogP contribution is 2.42. The van der Waals surface area contributed by atoms with Gasteiger partial charge in [0, 0.05) is 63.7 Å². The lowest BCUT2D eigenvalue weighted by Gasteiger charge is -2.44. The smallest absolute Gasteiger partial charge is 0.303 e. The van der Waals surface area contributed by atoms with E-state index in [4.69, 9.17) is 14.6 Å². The number of piperazine rings is 1. The molecule has 0 bridgehead atoms. The molecule has 9 nitrogen and oxygen atoms in total. The Bertz CT molecular complexity index is 1710. The van der Waals surface area contributed by atoms with E-state index in [1.54, 1.807) is 0 Å². The molecule has 2 aliphatic heterocycles. The third kappa shape index (κ3) is 9.44. The fourth-order valence-corrected chi connectivity index (χ4v) is 6.79. The molecule has 4 aromatic rings. The van der Waals surface area contributed by atoms with Gasteiger partial charge in [0.2, 0.25) is 5.91 Å². The first-order chi connectivity index (χ1) is 24.3. The molecule has 0 aromatic heterocycles. The molecule has 4 atom stereocenters. The number of aliphatic hydroxyl groups is 1. The average molecular weight is 678 g/mol. The number of hydrogen-bond acceptors (Lipinski definition) is 7. The predicted octanol–water partition coefficient (Wildman–Crippen LogP) is 5.94. The van der Waals surface area contributed by atoms with Crippen LogP contribution in [0.15, 0.2) is 103 Å². The van der Waals surface area contributed by atoms with Crippen molar-refractivity contribution in [3.63, 3.8) is 0 Å². The second kappa shape index (κ2) is 17.0. The van der Waals surface area contributed by atoms with Crippen LogP contribution in [-0.2, 0) is 38.8 Å². The zero-order valence-electron chi connectivity index (χ0n) is 28.6. The molecule has 50 heavy (non-hydrogen) atoms. The number of ether oxygens (including phenoxy) is 2. The first-order valence-electron chi connectivity index (χ1n) is 17.5. The van der Waals surface area contributed by atoms with E-state index in [1.807, 2.05) is 48.5 Å². The van der Waals surface area contributed by atoms with E-state index in [-0.39, 0.29) is 43.5 Å². The highest BCUT2D eigenvalue weighted by molar-refractivity contribution is 5.80. The summed E-state index contributed by atoms with van der Waals surface area (Å²) in [6, 6.07) is 34.8. The van der Waals surface area contributed by atoms with Gasteiger partial charge in [-0.05, 0) is 45.5 Å². The van der Waals surface area contributed by atoms with E-state index in [9.17, 15) is 14.7 Å². The SMILES string of the molecule is C[C@H]1[C@@H](CN2CCN(Cc3ccccc3)CC2)O[C@@H](c2cccc(-c3cccc(CNC(=O)CCC(=O)O)c3)c2)O[C@H]1c1ccc(CO)cc1. The number of aliphatic carboxylic acids is 1. The van der Waals surface area contributed by atoms with Crippen LogP contribution in [0, 0.1) is 5.92 Å². The van der Waals surface area contributed by atoms with Gasteiger partial charge in [0.25, 0.3) is 0 Å². The number of rotatable bonds is 13. The van der Waals surface area contributed by atoms with E-state index in [2.05, 4.69) is 76.6 Å². The van der Waals surface area contributed by atoms with E-state index in [0.29, 0.717) is 6.54 Å². The van der Waals surface area contributed by atoms with Crippen LogP contribution >= 0.6 is 0 Å². The third-order valence-corrected chi connectivity index (χ3v) is 9.75. The second-order valence-electron chi connectivity index (χ2n) is 13.4. The minimum absolute atomic E-state index is 0.00292. The maximum Gasteiger partial charge on any atom is 0.303 e. The maximum absolute atomic E-state index is 12.1. The van der Waals surface area contributed by atoms with Gasteiger partial charge in [0.15, 0.2) is 6.29 Å². The Labute approximate surface area is 294 Å². The van der Waals surface area contributed by atoms with E-state index in [1.165, 1.54) is 5.56 Å². The first-order valence-corrected chi connectivity index (χ1v) is 17.5. The Kier molecular flexibility index (Phi) is 12.1. The van der Waals surface area contributed by atoms with Crippen molar-refractivity contribution in [3.8, 4) is 11.1 Å². The summed E-state index contributed by atoms with van der Waals surface area (Å²) < 4.78 is 13.6. The molecule has 2 saturated heterocycles. The van der Waals surface area contributed by atoms with Gasteiger partial charge in [0.1, 0.15) is 0 Å². The zero-order valence-corrected chi connectivity index (χ0v) is 28.6. The predicted molar refractivity (Wildman–Crippen MR) is 192 cm³/mol. The molecule has 2 fully saturated rings. The molecule has 0 radical (unpaired) electrons. The number of carboxylic acids is 1. The zero-order chi connectivity index (χ0) is 34.9. The van der Waals surface area contributed by atoms with Gasteiger partial charge in [-0.2, -0.15) is 0 Å². The van der Waals surface area contributed by atoms with Crippen LogP contribution < -0.4 is 5.32 Å². The standard InChI is InChI=1S/C41H47N3O6/c1-29-37(27-44-21-19-43(20-22-44)26-30-7-3-2-4-8-30)49-41(50-40(29)33-15-13-31(28-45)14-16-33)36-12-6-11-35(24-36)34-10-5-9-32(23-34)25-42-38(46)17-18-39(47)48/h2-16,23-24,29,37,40-41,45H,17-22,25-28H2,1H3,(H,42,46)(H,47,48)/t29-,37+,40+,41+/m0/s1. The van der Waals surface area contributed by atoms with Gasteiger partial charge < -0.3 is 25.0 Å². The highest BCUT2D eigenvalue weighted by atomic mass is 16.7. The van der Waals surface area contributed by atoms with Gasteiger partial charge >= 0.3 is 5.97 Å². The molecule has 1 amide bonds. The lowest BCUT2D eigenvalue weighted by atomic mass is 9.89. The number of aliphatic hydroxyl groups excluding tert-OH is 1. The number of carbonyl (C=O) groups is 2. The van der Waals surface area contributed by atoms with Gasteiger partial charge in [0.05, 0.1) is 25.2 Å². The molecule has 2 aliphatic rings. The van der Waals surface area contributed by atoms with Crippen molar-refractivity contribution in [2.24, 2.45) is 5.92 Å². The Hall–Kier alpha value is -4.38. The second-order valence-corrected chi connectivity index (χ2v) is 13.4. The van der Waals surface area contributed by atoms with Crippen molar-refractivity contribution in [2.75, 3.05) is 32.7 Å². The van der Waals surface area contributed by atoms with Crippen molar-refractivity contribution in [2.45, 2.75) is 58.0 Å². The Morgan fingerprint density at radius 2 is 1.42 bits per heavy atom. The summed E-state index contributed by atoms with van der Waals surface area (Å²) in [6.45, 7) is 8.27. The number of carboxylic acid groups (broad SMARTS) is 1. The van der Waals surface area contributed by atoms with E-state index >= 15 is 0 Å². The van der Waals surface area contributed by atoms with Gasteiger partial charge in [-0.1, -0.05) is 97.9 Å². The largest absolute Gasteiger partial charge is 0.481 e. The Morgan fingerprint density at radius 1 is 0.740 bits per heavy atom. The summed E-state index contributed by atoms with van der Waals surface area (Å²) in [5, 5.41) is 21.3. The molecule has 0 saturated carbocycles. The van der Waals surface area contributed by atoms with Crippen molar-refractivity contribution in [1.82, 2.24) is 15.1 Å². The highest BCUT2D eigenvalue weighted by Gasteiger charge is 2.39. The summed E-state index contributed by atoms with van der Waals surface area (Å²) in [5.74, 6) is -1.18. The number of amides is 1. The Morgan fingerprint density at radius 3 is 2.14 bits per heavy atom. The summed E-state index contributed by atoms with van der Waals surface area (Å²) in [6.07, 6.45) is -1.06. The molecule has 4 aromatic carbocycles. The first kappa shape index (κ1) is 35.4. The number of nitrogens with zero attached hydrogens (tertiary/aromatic N) is 2. The van der Waals surface area contributed by atoms with Crippen molar-refractivity contribution in [3.05, 3.63) is 131 Å². The van der Waals surface area contributed by atoms with Crippen LogP contribution in [0.4, 0.5) is 0 Å². The van der Waals surface area contributed by atoms with Gasteiger partial charge in [-0.15, -0.1) is 0 Å². The number of carbonyl (C=O) groups excluding carboxylic acids is 1. The van der Waals surface area contributed by atoms with Crippen LogP contribution in [0.3, 0.4) is 0 Å². The Balaban J connectivity index is 1.17. The topological polar surface area (TPSA) is 112 Å². The third-order valence-electron chi connectivity index (χ3n) is 9.75. The molecule has 3 N–H and O–H groups in total. The van der Waals surface area contributed by atoms with Crippen LogP contribution in [0.25, 0.3) is 11.1 Å². The normalized spacial score (nSPS) is 21.5. The molecule has 0 aliphatic carbocycles. The average Bonchev–Trinajstić information content (AvgIpc) is 3.15. The molecular formula is C41H47N3O6. The van der Waals surface area contributed by atoms with Gasteiger partial charge in [-0.3, -0.25) is 19.4 Å². The summed E-state index contributed by atoms with van der Waals surface area (Å²) >= 11 is 0. The molecular weight excluding hydrogens is 630 g/mol. The number of hydrogen-bond donors (Lipinski definition) is 3.